The molecule has 0 saturated carbocycles. The largest absolute Gasteiger partial charge is 0.457 e. The van der Waals surface area contributed by atoms with Gasteiger partial charge in [0.2, 0.25) is 17.7 Å². The SMILES string of the molecule is O=C(CCC(=O)OCC(=O)c1ccc2c(c1)Cc1ccccc1-2)Nc1cccc(SC2CC(=O)N(c3ccc(N=Nc4ccccc4)cc3)C2=O)c1. The maximum absolute atomic E-state index is 13.3. The van der Waals surface area contributed by atoms with E-state index >= 15 is 0 Å². The summed E-state index contributed by atoms with van der Waals surface area (Å²) in [4.78, 5) is 65.8. The van der Waals surface area contributed by atoms with Crippen LogP contribution in [0.5, 0.6) is 0 Å². The molecule has 5 aromatic carbocycles. The third kappa shape index (κ3) is 7.90. The lowest BCUT2D eigenvalue weighted by Gasteiger charge is -2.15. The molecule has 0 spiro atoms. The topological polar surface area (TPSA) is 135 Å². The lowest BCUT2D eigenvalue weighted by molar-refractivity contribution is -0.143. The Morgan fingerprint density at radius 2 is 1.48 bits per heavy atom. The number of hydrogen-bond donors (Lipinski definition) is 1. The number of fused-ring (bicyclic) bond motifs is 3. The summed E-state index contributed by atoms with van der Waals surface area (Å²) in [5, 5.41) is 10.5. The molecule has 2 aliphatic rings. The number of anilines is 2. The van der Waals surface area contributed by atoms with Crippen molar-refractivity contribution < 1.29 is 28.7 Å². The second-order valence-electron chi connectivity index (χ2n) is 12.3. The molecule has 1 aliphatic carbocycles. The van der Waals surface area contributed by atoms with E-state index < -0.39 is 23.7 Å². The van der Waals surface area contributed by atoms with Crippen molar-refractivity contribution in [3.05, 3.63) is 138 Å². The van der Waals surface area contributed by atoms with Crippen LogP contribution < -0.4 is 10.2 Å². The molecule has 1 heterocycles. The zero-order chi connectivity index (χ0) is 36.0. The van der Waals surface area contributed by atoms with Gasteiger partial charge in [-0.15, -0.1) is 11.8 Å². The number of ketones is 1. The Labute approximate surface area is 303 Å². The number of thioether (sulfide) groups is 1. The highest BCUT2D eigenvalue weighted by Gasteiger charge is 2.40. The molecule has 5 aromatic rings. The predicted molar refractivity (Wildman–Crippen MR) is 198 cm³/mol. The smallest absolute Gasteiger partial charge is 0.306 e. The minimum absolute atomic E-state index is 0.0287. The molecule has 1 atom stereocenters. The van der Waals surface area contributed by atoms with Gasteiger partial charge in [0.15, 0.2) is 12.4 Å². The fraction of sp³-hybridized carbons (Fsp3) is 0.146. The number of carbonyl (C=O) groups excluding carboxylic acids is 5. The van der Waals surface area contributed by atoms with Crippen LogP contribution in [0.2, 0.25) is 0 Å². The van der Waals surface area contributed by atoms with E-state index in [0.717, 1.165) is 17.5 Å². The molecular formula is C41H32N4O6S. The molecule has 1 N–H and O–H groups in total. The summed E-state index contributed by atoms with van der Waals surface area (Å²) in [5.74, 6) is -2.01. The number of nitrogens with zero attached hydrogens (tertiary/aromatic N) is 3. The van der Waals surface area contributed by atoms with Crippen molar-refractivity contribution in [2.75, 3.05) is 16.8 Å². The molecule has 1 unspecified atom stereocenters. The van der Waals surface area contributed by atoms with Crippen molar-refractivity contribution in [1.29, 1.82) is 0 Å². The van der Waals surface area contributed by atoms with E-state index in [2.05, 4.69) is 27.7 Å². The van der Waals surface area contributed by atoms with Gasteiger partial charge in [0.05, 0.1) is 28.7 Å². The van der Waals surface area contributed by atoms with Gasteiger partial charge < -0.3 is 10.1 Å². The Bertz CT molecular complexity index is 2220. The number of imide groups is 1. The standard InChI is InChI=1S/C41H32N4O6S/c46-36(27-13-18-35-28(22-27)21-26-7-4-5-12-34(26)35)25-51-40(49)20-19-38(47)42-31-10-6-11-33(23-31)52-37-24-39(48)45(41(37)50)32-16-14-30(15-17-32)44-43-29-8-2-1-3-9-29/h1-18,22-23,37H,19-21,24-25H2,(H,42,47). The van der Waals surface area contributed by atoms with E-state index in [1.54, 1.807) is 54.6 Å². The van der Waals surface area contributed by atoms with Crippen LogP contribution in [0.4, 0.5) is 22.7 Å². The molecule has 258 valence electrons. The maximum Gasteiger partial charge on any atom is 0.306 e. The Morgan fingerprint density at radius 3 is 2.29 bits per heavy atom. The lowest BCUT2D eigenvalue weighted by atomic mass is 10.0. The van der Waals surface area contributed by atoms with E-state index in [0.29, 0.717) is 33.2 Å². The monoisotopic (exact) mass is 708 g/mol. The summed E-state index contributed by atoms with van der Waals surface area (Å²) >= 11 is 1.24. The van der Waals surface area contributed by atoms with Gasteiger partial charge in [-0.2, -0.15) is 10.2 Å². The average Bonchev–Trinajstić information content (AvgIpc) is 3.67. The molecular weight excluding hydrogens is 677 g/mol. The number of Topliss-reactive ketones (excluding diaryl/α,β-unsaturated/α-hetero) is 1. The van der Waals surface area contributed by atoms with Gasteiger partial charge >= 0.3 is 5.97 Å². The third-order valence-electron chi connectivity index (χ3n) is 8.68. The number of carbonyl (C=O) groups is 5. The number of nitrogens with one attached hydrogen (secondary N) is 1. The number of hydrogen-bond acceptors (Lipinski definition) is 9. The van der Waals surface area contributed by atoms with Gasteiger partial charge in [-0.05, 0) is 89.3 Å². The number of rotatable bonds is 12. The molecule has 11 heteroatoms. The number of ether oxygens (including phenoxy) is 1. The van der Waals surface area contributed by atoms with Crippen LogP contribution in [0.3, 0.4) is 0 Å². The van der Waals surface area contributed by atoms with Crippen LogP contribution in [-0.2, 0) is 30.3 Å². The van der Waals surface area contributed by atoms with Crippen molar-refractivity contribution >= 4 is 64.0 Å². The minimum atomic E-state index is -0.651. The quantitative estimate of drug-likeness (QED) is 0.0586. The van der Waals surface area contributed by atoms with Crippen molar-refractivity contribution in [1.82, 2.24) is 0 Å². The van der Waals surface area contributed by atoms with Crippen LogP contribution in [0.25, 0.3) is 11.1 Å². The zero-order valence-corrected chi connectivity index (χ0v) is 28.7. The van der Waals surface area contributed by atoms with Crippen molar-refractivity contribution in [2.45, 2.75) is 35.8 Å². The van der Waals surface area contributed by atoms with Crippen molar-refractivity contribution in [3.63, 3.8) is 0 Å². The zero-order valence-electron chi connectivity index (χ0n) is 27.9. The Hall–Kier alpha value is -6.20. The fourth-order valence-corrected chi connectivity index (χ4v) is 7.23. The second-order valence-corrected chi connectivity index (χ2v) is 13.6. The molecule has 10 nitrogen and oxygen atoms in total. The number of esters is 1. The minimum Gasteiger partial charge on any atom is -0.457 e. The number of benzene rings is 5. The Morgan fingerprint density at radius 1 is 0.750 bits per heavy atom. The van der Waals surface area contributed by atoms with Gasteiger partial charge in [-0.25, -0.2) is 4.90 Å². The van der Waals surface area contributed by atoms with Crippen LogP contribution in [0.15, 0.2) is 136 Å². The molecule has 3 amide bonds. The molecule has 0 radical (unpaired) electrons. The fourth-order valence-electron chi connectivity index (χ4n) is 6.12. The van der Waals surface area contributed by atoms with E-state index in [9.17, 15) is 24.0 Å². The Kier molecular flexibility index (Phi) is 10.1. The predicted octanol–water partition coefficient (Wildman–Crippen LogP) is 8.24. The van der Waals surface area contributed by atoms with Gasteiger partial charge in [0.1, 0.15) is 0 Å². The molecule has 1 saturated heterocycles. The first-order chi connectivity index (χ1) is 25.3. The lowest BCUT2D eigenvalue weighted by Crippen LogP contribution is -2.31. The molecule has 1 fully saturated rings. The van der Waals surface area contributed by atoms with Gasteiger partial charge in [-0.3, -0.25) is 24.0 Å². The second kappa shape index (κ2) is 15.4. The van der Waals surface area contributed by atoms with Crippen LogP contribution in [0, 0.1) is 0 Å². The van der Waals surface area contributed by atoms with Crippen LogP contribution >= 0.6 is 11.8 Å². The molecule has 52 heavy (non-hydrogen) atoms. The Balaban J connectivity index is 0.867. The summed E-state index contributed by atoms with van der Waals surface area (Å²) < 4.78 is 5.18. The van der Waals surface area contributed by atoms with Gasteiger partial charge in [0.25, 0.3) is 0 Å². The maximum atomic E-state index is 13.3. The highest BCUT2D eigenvalue weighted by molar-refractivity contribution is 8.00. The van der Waals surface area contributed by atoms with E-state index in [1.165, 1.54) is 27.8 Å². The summed E-state index contributed by atoms with van der Waals surface area (Å²) in [6.07, 6.45) is 0.443. The van der Waals surface area contributed by atoms with E-state index in [4.69, 9.17) is 4.74 Å². The van der Waals surface area contributed by atoms with Crippen molar-refractivity contribution in [3.8, 4) is 11.1 Å². The number of amides is 3. The van der Waals surface area contributed by atoms with Crippen LogP contribution in [-0.4, -0.2) is 41.3 Å². The third-order valence-corrected chi connectivity index (χ3v) is 9.86. The first-order valence-electron chi connectivity index (χ1n) is 16.7. The molecule has 1 aliphatic heterocycles. The molecule has 0 aromatic heterocycles. The summed E-state index contributed by atoms with van der Waals surface area (Å²) in [7, 11) is 0. The summed E-state index contributed by atoms with van der Waals surface area (Å²) in [6, 6.07) is 36.6. The van der Waals surface area contributed by atoms with Crippen LogP contribution in [0.1, 0.15) is 40.7 Å². The van der Waals surface area contributed by atoms with E-state index in [-0.39, 0.29) is 36.9 Å². The molecule has 0 bridgehead atoms. The molecule has 7 rings (SSSR count). The first-order valence-corrected chi connectivity index (χ1v) is 17.6. The summed E-state index contributed by atoms with van der Waals surface area (Å²) in [6.45, 7) is -0.405. The first kappa shape index (κ1) is 34.3. The highest BCUT2D eigenvalue weighted by atomic mass is 32.2. The normalized spacial score (nSPS) is 14.7. The van der Waals surface area contributed by atoms with Gasteiger partial charge in [0, 0.05) is 29.0 Å². The highest BCUT2D eigenvalue weighted by Crippen LogP contribution is 2.37. The summed E-state index contributed by atoms with van der Waals surface area (Å²) in [5.41, 5.74) is 7.25. The number of azo groups is 1. The van der Waals surface area contributed by atoms with Gasteiger partial charge in [-0.1, -0.05) is 60.7 Å². The average molecular weight is 709 g/mol. The van der Waals surface area contributed by atoms with E-state index in [1.807, 2.05) is 54.6 Å². The van der Waals surface area contributed by atoms with Crippen molar-refractivity contribution in [2.24, 2.45) is 10.2 Å².